The van der Waals surface area contributed by atoms with E-state index in [2.05, 4.69) is 26.9 Å². The van der Waals surface area contributed by atoms with Gasteiger partial charge in [-0.3, -0.25) is 4.79 Å². The number of likely N-dealkylation sites (N-methyl/N-ethyl adjacent to an activating group) is 1. The summed E-state index contributed by atoms with van der Waals surface area (Å²) >= 11 is 0. The third kappa shape index (κ3) is 9.06. The van der Waals surface area contributed by atoms with Gasteiger partial charge in [0, 0.05) is 32.7 Å². The highest BCUT2D eigenvalue weighted by atomic mass is 16.5. The molecule has 0 aliphatic carbocycles. The van der Waals surface area contributed by atoms with Crippen LogP contribution < -0.4 is 5.32 Å². The molecular formula is C16H33N3O2. The minimum atomic E-state index is -0.318. The number of piperidine rings is 1. The van der Waals surface area contributed by atoms with Crippen LogP contribution in [-0.2, 0) is 9.53 Å². The Morgan fingerprint density at radius 2 is 1.71 bits per heavy atom. The average molecular weight is 299 g/mol. The van der Waals surface area contributed by atoms with Crippen LogP contribution in [-0.4, -0.2) is 74.7 Å². The summed E-state index contributed by atoms with van der Waals surface area (Å²) in [7, 11) is 2.22. The van der Waals surface area contributed by atoms with Gasteiger partial charge < -0.3 is 19.9 Å². The molecule has 21 heavy (non-hydrogen) atoms. The predicted molar refractivity (Wildman–Crippen MR) is 86.4 cm³/mol. The van der Waals surface area contributed by atoms with Crippen molar-refractivity contribution in [2.75, 3.05) is 52.9 Å². The highest BCUT2D eigenvalue weighted by Gasteiger charge is 2.19. The van der Waals surface area contributed by atoms with Gasteiger partial charge in [-0.2, -0.15) is 0 Å². The third-order valence-corrected chi connectivity index (χ3v) is 3.97. The van der Waals surface area contributed by atoms with Crippen LogP contribution in [0, 0.1) is 5.92 Å². The largest absolute Gasteiger partial charge is 0.462 e. The van der Waals surface area contributed by atoms with Gasteiger partial charge >= 0.3 is 0 Å². The summed E-state index contributed by atoms with van der Waals surface area (Å²) in [6, 6.07) is 0. The molecule has 0 saturated carbocycles. The molecule has 0 unspecified atom stereocenters. The first-order chi connectivity index (χ1) is 9.90. The van der Waals surface area contributed by atoms with Gasteiger partial charge in [0.2, 0.25) is 0 Å². The van der Waals surface area contributed by atoms with Gasteiger partial charge in [0.05, 0.1) is 0 Å². The van der Waals surface area contributed by atoms with Crippen LogP contribution in [0.4, 0.5) is 0 Å². The first-order valence-corrected chi connectivity index (χ1v) is 8.14. The Hall–Kier alpha value is -0.650. The molecule has 0 aromatic heterocycles. The number of rotatable bonds is 3. The zero-order chi connectivity index (χ0) is 15.7. The SMILES string of the molecule is CC(C)(C)OC=O.CN1CCN(CC2CCNCC2)CC1. The molecular weight excluding hydrogens is 266 g/mol. The third-order valence-electron chi connectivity index (χ3n) is 3.97. The van der Waals surface area contributed by atoms with E-state index in [1.165, 1.54) is 58.7 Å². The van der Waals surface area contributed by atoms with Crippen molar-refractivity contribution in [1.29, 1.82) is 0 Å². The first-order valence-electron chi connectivity index (χ1n) is 8.14. The smallest absolute Gasteiger partial charge is 0.293 e. The molecule has 2 rings (SSSR count). The summed E-state index contributed by atoms with van der Waals surface area (Å²) in [5, 5.41) is 3.43. The molecule has 5 heteroatoms. The van der Waals surface area contributed by atoms with E-state index in [0.717, 1.165) is 5.92 Å². The molecule has 0 radical (unpaired) electrons. The van der Waals surface area contributed by atoms with Gasteiger partial charge in [0.1, 0.15) is 5.60 Å². The van der Waals surface area contributed by atoms with E-state index in [0.29, 0.717) is 6.47 Å². The van der Waals surface area contributed by atoms with Crippen LogP contribution in [0.1, 0.15) is 33.6 Å². The zero-order valence-electron chi connectivity index (χ0n) is 14.2. The van der Waals surface area contributed by atoms with Gasteiger partial charge in [-0.1, -0.05) is 0 Å². The van der Waals surface area contributed by atoms with E-state index in [1.54, 1.807) is 0 Å². The number of nitrogens with one attached hydrogen (secondary N) is 1. The van der Waals surface area contributed by atoms with Gasteiger partial charge in [-0.05, 0) is 59.7 Å². The topological polar surface area (TPSA) is 44.8 Å². The fourth-order valence-electron chi connectivity index (χ4n) is 2.60. The van der Waals surface area contributed by atoms with Crippen molar-refractivity contribution in [3.63, 3.8) is 0 Å². The van der Waals surface area contributed by atoms with Crippen molar-refractivity contribution in [2.45, 2.75) is 39.2 Å². The van der Waals surface area contributed by atoms with Gasteiger partial charge in [-0.15, -0.1) is 0 Å². The highest BCUT2D eigenvalue weighted by molar-refractivity contribution is 5.37. The van der Waals surface area contributed by atoms with Crippen molar-refractivity contribution in [1.82, 2.24) is 15.1 Å². The molecule has 0 aromatic carbocycles. The monoisotopic (exact) mass is 299 g/mol. The number of nitrogens with zero attached hydrogens (tertiary/aromatic N) is 2. The van der Waals surface area contributed by atoms with Crippen LogP contribution in [0.5, 0.6) is 0 Å². The van der Waals surface area contributed by atoms with Crippen molar-refractivity contribution in [3.8, 4) is 0 Å². The molecule has 2 fully saturated rings. The van der Waals surface area contributed by atoms with E-state index in [9.17, 15) is 4.79 Å². The lowest BCUT2D eigenvalue weighted by molar-refractivity contribution is -0.138. The van der Waals surface area contributed by atoms with Crippen molar-refractivity contribution in [3.05, 3.63) is 0 Å². The van der Waals surface area contributed by atoms with Crippen LogP contribution >= 0.6 is 0 Å². The van der Waals surface area contributed by atoms with E-state index in [1.807, 2.05) is 20.8 Å². The maximum Gasteiger partial charge on any atom is 0.293 e. The number of hydrogen-bond acceptors (Lipinski definition) is 5. The standard InChI is InChI=1S/C11H23N3.C5H10O2/c1-13-6-8-14(9-7-13)10-11-2-4-12-5-3-11;1-5(2,3)7-4-6/h11-12H,2-10H2,1H3;4H,1-3H3. The van der Waals surface area contributed by atoms with E-state index in [4.69, 9.17) is 0 Å². The Morgan fingerprint density at radius 3 is 2.14 bits per heavy atom. The summed E-state index contributed by atoms with van der Waals surface area (Å²) in [6.45, 7) is 14.8. The molecule has 124 valence electrons. The predicted octanol–water partition coefficient (Wildman–Crippen LogP) is 1.19. The molecule has 2 heterocycles. The second kappa shape index (κ2) is 9.38. The maximum atomic E-state index is 9.60. The molecule has 2 saturated heterocycles. The first kappa shape index (κ1) is 18.4. The maximum absolute atomic E-state index is 9.60. The molecule has 2 aliphatic heterocycles. The lowest BCUT2D eigenvalue weighted by Gasteiger charge is -2.35. The van der Waals surface area contributed by atoms with Crippen LogP contribution in [0.3, 0.4) is 0 Å². The molecule has 0 atom stereocenters. The highest BCUT2D eigenvalue weighted by Crippen LogP contribution is 2.14. The number of carbonyl (C=O) groups excluding carboxylic acids is 1. The van der Waals surface area contributed by atoms with Crippen molar-refractivity contribution < 1.29 is 9.53 Å². The molecule has 0 amide bonds. The fourth-order valence-corrected chi connectivity index (χ4v) is 2.60. The summed E-state index contributed by atoms with van der Waals surface area (Å²) in [5.74, 6) is 0.958. The van der Waals surface area contributed by atoms with E-state index in [-0.39, 0.29) is 5.60 Å². The minimum absolute atomic E-state index is 0.318. The van der Waals surface area contributed by atoms with Crippen molar-refractivity contribution in [2.24, 2.45) is 5.92 Å². The Labute approximate surface area is 130 Å². The summed E-state index contributed by atoms with van der Waals surface area (Å²) < 4.78 is 4.55. The quantitative estimate of drug-likeness (QED) is 0.793. The normalized spacial score (nSPS) is 22.3. The summed E-state index contributed by atoms with van der Waals surface area (Å²) in [5.41, 5.74) is -0.318. The molecule has 2 aliphatic rings. The van der Waals surface area contributed by atoms with Crippen LogP contribution in [0.15, 0.2) is 0 Å². The van der Waals surface area contributed by atoms with E-state index >= 15 is 0 Å². The van der Waals surface area contributed by atoms with Crippen molar-refractivity contribution >= 4 is 6.47 Å². The van der Waals surface area contributed by atoms with Gasteiger partial charge in [0.25, 0.3) is 6.47 Å². The van der Waals surface area contributed by atoms with Gasteiger partial charge in [0.15, 0.2) is 0 Å². The fraction of sp³-hybridized carbons (Fsp3) is 0.938. The Balaban J connectivity index is 0.000000270. The molecule has 0 bridgehead atoms. The molecule has 1 N–H and O–H groups in total. The Bertz CT molecular complexity index is 278. The van der Waals surface area contributed by atoms with Gasteiger partial charge in [-0.25, -0.2) is 0 Å². The lowest BCUT2D eigenvalue weighted by atomic mass is 9.97. The zero-order valence-corrected chi connectivity index (χ0v) is 14.2. The second-order valence-electron chi connectivity index (χ2n) is 7.12. The lowest BCUT2D eigenvalue weighted by Crippen LogP contribution is -2.47. The second-order valence-corrected chi connectivity index (χ2v) is 7.12. The number of hydrogen-bond donors (Lipinski definition) is 1. The van der Waals surface area contributed by atoms with Crippen LogP contribution in [0.2, 0.25) is 0 Å². The number of carbonyl (C=O) groups is 1. The Kier molecular flexibility index (Phi) is 8.22. The minimum Gasteiger partial charge on any atom is -0.462 e. The Morgan fingerprint density at radius 1 is 1.14 bits per heavy atom. The van der Waals surface area contributed by atoms with E-state index < -0.39 is 0 Å². The molecule has 5 nitrogen and oxygen atoms in total. The number of piperazine rings is 1. The number of ether oxygens (including phenoxy) is 1. The van der Waals surface area contributed by atoms with Crippen LogP contribution in [0.25, 0.3) is 0 Å². The average Bonchev–Trinajstić information content (AvgIpc) is 2.42. The summed E-state index contributed by atoms with van der Waals surface area (Å²) in [6.07, 6.45) is 2.76. The summed E-state index contributed by atoms with van der Waals surface area (Å²) in [4.78, 5) is 14.7. The molecule has 0 aromatic rings. The molecule has 0 spiro atoms.